The minimum Gasteiger partial charge on any atom is -0.461 e. The number of hydrogen-bond donors (Lipinski definition) is 2. The van der Waals surface area contributed by atoms with Gasteiger partial charge in [-0.25, -0.2) is 0 Å². The number of hydrogen-bond acceptors (Lipinski definition) is 7. The van der Waals surface area contributed by atoms with Crippen LogP contribution in [0.25, 0.3) is 0 Å². The maximum absolute atomic E-state index is 11.3. The van der Waals surface area contributed by atoms with Crippen molar-refractivity contribution in [2.45, 2.75) is 39.3 Å². The summed E-state index contributed by atoms with van der Waals surface area (Å²) in [6, 6.07) is 18.2. The van der Waals surface area contributed by atoms with Crippen LogP contribution in [0.4, 0.5) is 11.4 Å². The van der Waals surface area contributed by atoms with Gasteiger partial charge in [-0.15, -0.1) is 0 Å². The maximum Gasteiger partial charge on any atom is 0.188 e. The molecule has 2 aliphatic heterocycles. The lowest BCUT2D eigenvalue weighted by atomic mass is 10.0. The molecular weight excluding hydrogens is 452 g/mol. The van der Waals surface area contributed by atoms with Crippen molar-refractivity contribution in [2.24, 2.45) is 0 Å². The molecule has 7 heteroatoms. The molecular formula is C29H36N4O3. The molecule has 1 fully saturated rings. The lowest BCUT2D eigenvalue weighted by Crippen LogP contribution is -2.31. The van der Waals surface area contributed by atoms with Gasteiger partial charge in [0.2, 0.25) is 0 Å². The number of anilines is 2. The molecule has 2 aliphatic rings. The first-order valence-corrected chi connectivity index (χ1v) is 12.8. The molecule has 1 unspecified atom stereocenters. The van der Waals surface area contributed by atoms with Crippen LogP contribution in [0.5, 0.6) is 0 Å². The van der Waals surface area contributed by atoms with Crippen molar-refractivity contribution in [3.8, 4) is 6.07 Å². The highest BCUT2D eigenvalue weighted by atomic mass is 16.5. The van der Waals surface area contributed by atoms with Gasteiger partial charge in [-0.05, 0) is 60.5 Å². The van der Waals surface area contributed by atoms with Crippen LogP contribution in [-0.4, -0.2) is 45.1 Å². The fourth-order valence-electron chi connectivity index (χ4n) is 4.90. The zero-order valence-corrected chi connectivity index (χ0v) is 21.5. The van der Waals surface area contributed by atoms with Gasteiger partial charge in [0.15, 0.2) is 12.0 Å². The van der Waals surface area contributed by atoms with Gasteiger partial charge in [0, 0.05) is 56.5 Å². The zero-order valence-electron chi connectivity index (χ0n) is 21.5. The van der Waals surface area contributed by atoms with Crippen molar-refractivity contribution >= 4 is 11.4 Å². The van der Waals surface area contributed by atoms with Crippen LogP contribution in [0.3, 0.4) is 0 Å². The second-order valence-corrected chi connectivity index (χ2v) is 8.93. The van der Waals surface area contributed by atoms with E-state index in [0.717, 1.165) is 60.7 Å². The van der Waals surface area contributed by atoms with Crippen molar-refractivity contribution in [2.75, 3.05) is 49.8 Å². The van der Waals surface area contributed by atoms with Gasteiger partial charge >= 0.3 is 0 Å². The summed E-state index contributed by atoms with van der Waals surface area (Å²) in [5.74, 6) is 1.36. The number of fused-ring (bicyclic) bond motifs is 2. The molecule has 0 aliphatic carbocycles. The Morgan fingerprint density at radius 3 is 2.64 bits per heavy atom. The Labute approximate surface area is 213 Å². The lowest BCUT2D eigenvalue weighted by molar-refractivity contribution is 0.0967. The average Bonchev–Trinajstić information content (AvgIpc) is 3.07. The van der Waals surface area contributed by atoms with E-state index >= 15 is 0 Å². The Morgan fingerprint density at radius 1 is 1.08 bits per heavy atom. The first kappa shape index (κ1) is 25.8. The number of ether oxygens (including phenoxy) is 1. The van der Waals surface area contributed by atoms with Crippen molar-refractivity contribution in [1.82, 2.24) is 5.32 Å². The van der Waals surface area contributed by atoms with E-state index in [0.29, 0.717) is 24.2 Å². The number of rotatable bonds is 5. The van der Waals surface area contributed by atoms with Crippen molar-refractivity contribution in [1.29, 1.82) is 5.26 Å². The summed E-state index contributed by atoms with van der Waals surface area (Å²) >= 11 is 0. The molecule has 0 spiro atoms. The van der Waals surface area contributed by atoms with Crippen molar-refractivity contribution in [3.63, 3.8) is 0 Å². The van der Waals surface area contributed by atoms with E-state index in [9.17, 15) is 5.11 Å². The van der Waals surface area contributed by atoms with Crippen LogP contribution in [0.15, 0.2) is 52.9 Å². The van der Waals surface area contributed by atoms with Crippen LogP contribution in [0.1, 0.15) is 60.3 Å². The first-order chi connectivity index (χ1) is 17.7. The Bertz CT molecular complexity index is 1170. The van der Waals surface area contributed by atoms with Crippen molar-refractivity contribution < 1.29 is 14.3 Å². The Hall–Kier alpha value is -3.31. The molecule has 0 saturated carbocycles. The maximum atomic E-state index is 11.3. The second-order valence-electron chi connectivity index (χ2n) is 8.93. The highest BCUT2D eigenvalue weighted by molar-refractivity contribution is 5.65. The minimum absolute atomic E-state index is 0.256. The van der Waals surface area contributed by atoms with E-state index in [1.165, 1.54) is 5.69 Å². The average molecular weight is 489 g/mol. The van der Waals surface area contributed by atoms with E-state index in [4.69, 9.17) is 14.4 Å². The van der Waals surface area contributed by atoms with Crippen LogP contribution >= 0.6 is 0 Å². The fraction of sp³-hybridized carbons (Fsp3) is 0.414. The first-order valence-electron chi connectivity index (χ1n) is 12.8. The summed E-state index contributed by atoms with van der Waals surface area (Å²) in [5, 5.41) is 23.8. The van der Waals surface area contributed by atoms with E-state index < -0.39 is 6.23 Å². The Morgan fingerprint density at radius 2 is 1.89 bits per heavy atom. The highest BCUT2D eigenvalue weighted by Gasteiger charge is 2.31. The van der Waals surface area contributed by atoms with E-state index in [-0.39, 0.29) is 6.73 Å². The number of furan rings is 1. The normalized spacial score (nSPS) is 17.1. The predicted octanol–water partition coefficient (Wildman–Crippen LogP) is 4.57. The number of aliphatic hydroxyl groups excluding tert-OH is 1. The number of nitrogens with zero attached hydrogens (tertiary/aromatic N) is 3. The predicted molar refractivity (Wildman–Crippen MR) is 142 cm³/mol. The standard InChI is InChI=1S/C27H30N4O3.C2H6/c1-33-18-31-25-8-7-23(30-11-2-9-29-10-12-30)15-21(25)14-22-16-24(34-26(22)27(31)32)13-19-3-5-20(17-28)6-4-19;1-2/h3-8,15-16,27,29,32H,2,9-14,18H2,1H3;1-2H3. The molecule has 0 amide bonds. The van der Waals surface area contributed by atoms with Gasteiger partial charge in [-0.2, -0.15) is 5.26 Å². The van der Waals surface area contributed by atoms with Gasteiger partial charge in [0.25, 0.3) is 0 Å². The molecule has 5 rings (SSSR count). The molecule has 1 aromatic heterocycles. The van der Waals surface area contributed by atoms with Crippen LogP contribution in [0.2, 0.25) is 0 Å². The zero-order chi connectivity index (χ0) is 25.5. The van der Waals surface area contributed by atoms with E-state index in [1.807, 2.05) is 43.0 Å². The Kier molecular flexibility index (Phi) is 8.65. The monoisotopic (exact) mass is 488 g/mol. The van der Waals surface area contributed by atoms with Crippen LogP contribution in [0, 0.1) is 11.3 Å². The molecule has 7 nitrogen and oxygen atoms in total. The summed E-state index contributed by atoms with van der Waals surface area (Å²) in [7, 11) is 1.63. The number of methoxy groups -OCH3 is 1. The molecule has 3 aromatic rings. The number of benzene rings is 2. The molecule has 190 valence electrons. The molecule has 1 saturated heterocycles. The lowest BCUT2D eigenvalue weighted by Gasteiger charge is -2.29. The SMILES string of the molecule is CC.COCN1c2ccc(N3CCCNCC3)cc2Cc2cc(Cc3ccc(C#N)cc3)oc2C1O. The molecule has 2 aromatic carbocycles. The third-order valence-electron chi connectivity index (χ3n) is 6.61. The van der Waals surface area contributed by atoms with Crippen molar-refractivity contribution in [3.05, 3.63) is 82.3 Å². The molecule has 1 atom stereocenters. The summed E-state index contributed by atoms with van der Waals surface area (Å²) in [6.45, 7) is 8.30. The number of nitriles is 1. The Balaban J connectivity index is 0.00000148. The van der Waals surface area contributed by atoms with E-state index in [1.54, 1.807) is 7.11 Å². The number of nitrogens with one attached hydrogen (secondary N) is 1. The number of aliphatic hydroxyl groups is 1. The molecule has 0 radical (unpaired) electrons. The second kappa shape index (κ2) is 12.1. The summed E-state index contributed by atoms with van der Waals surface area (Å²) in [6.07, 6.45) is 1.47. The van der Waals surface area contributed by atoms with Crippen LogP contribution in [-0.2, 0) is 17.6 Å². The van der Waals surface area contributed by atoms with Gasteiger partial charge in [0.05, 0.1) is 11.6 Å². The van der Waals surface area contributed by atoms with Gasteiger partial charge < -0.3 is 29.4 Å². The molecule has 3 heterocycles. The quantitative estimate of drug-likeness (QED) is 0.544. The highest BCUT2D eigenvalue weighted by Crippen LogP contribution is 2.39. The fourth-order valence-corrected chi connectivity index (χ4v) is 4.90. The smallest absolute Gasteiger partial charge is 0.188 e. The largest absolute Gasteiger partial charge is 0.461 e. The minimum atomic E-state index is -0.931. The van der Waals surface area contributed by atoms with Crippen LogP contribution < -0.4 is 15.1 Å². The summed E-state index contributed by atoms with van der Waals surface area (Å²) in [5.41, 5.74) is 6.01. The van der Waals surface area contributed by atoms with Gasteiger partial charge in [-0.3, -0.25) is 0 Å². The third kappa shape index (κ3) is 5.57. The topological polar surface area (TPSA) is 84.9 Å². The summed E-state index contributed by atoms with van der Waals surface area (Å²) < 4.78 is 11.6. The summed E-state index contributed by atoms with van der Waals surface area (Å²) in [4.78, 5) is 4.28. The molecule has 2 N–H and O–H groups in total. The van der Waals surface area contributed by atoms with Gasteiger partial charge in [-0.1, -0.05) is 26.0 Å². The molecule has 36 heavy (non-hydrogen) atoms. The molecule has 0 bridgehead atoms. The van der Waals surface area contributed by atoms with E-state index in [2.05, 4.69) is 40.6 Å². The van der Waals surface area contributed by atoms with Gasteiger partial charge in [0.1, 0.15) is 12.5 Å². The third-order valence-corrected chi connectivity index (χ3v) is 6.61.